The number of phenolic OH excluding ortho intramolecular Hbond substituents is 1. The highest BCUT2D eigenvalue weighted by atomic mass is 79.9. The first-order valence-electron chi connectivity index (χ1n) is 6.70. The fourth-order valence-electron chi connectivity index (χ4n) is 2.01. The van der Waals surface area contributed by atoms with Gasteiger partial charge < -0.3 is 20.7 Å². The Labute approximate surface area is 151 Å². The van der Waals surface area contributed by atoms with Crippen LogP contribution in [-0.2, 0) is 19.9 Å². The molecule has 23 heavy (non-hydrogen) atoms. The van der Waals surface area contributed by atoms with E-state index in [1.165, 1.54) is 19.1 Å². The third-order valence-corrected chi connectivity index (χ3v) is 4.34. The molecule has 0 spiro atoms. The Morgan fingerprint density at radius 1 is 1.17 bits per heavy atom. The molecule has 1 aromatic carbocycles. The first-order chi connectivity index (χ1) is 10.3. The van der Waals surface area contributed by atoms with Crippen molar-refractivity contribution in [2.24, 2.45) is 11.7 Å². The molecule has 0 aromatic heterocycles. The molecule has 6 nitrogen and oxygen atoms in total. The first kappa shape index (κ1) is 19.9. The molecule has 0 heterocycles. The van der Waals surface area contributed by atoms with Crippen LogP contribution in [0.25, 0.3) is 0 Å². The fraction of sp³-hybridized carbons (Fsp3) is 0.467. The molecular formula is C15H19Br2NO5. The van der Waals surface area contributed by atoms with E-state index >= 15 is 0 Å². The van der Waals surface area contributed by atoms with Crippen molar-refractivity contribution in [3.05, 3.63) is 26.6 Å². The molecule has 1 rings (SSSR count). The molecule has 0 saturated carbocycles. The molecule has 0 radical (unpaired) electrons. The number of ether oxygens (including phenoxy) is 1. The first-order valence-corrected chi connectivity index (χ1v) is 8.29. The van der Waals surface area contributed by atoms with Crippen LogP contribution in [0.1, 0.15) is 33.3 Å². The van der Waals surface area contributed by atoms with Crippen LogP contribution in [0.5, 0.6) is 5.75 Å². The summed E-state index contributed by atoms with van der Waals surface area (Å²) >= 11 is 6.32. The van der Waals surface area contributed by atoms with Crippen molar-refractivity contribution in [3.63, 3.8) is 0 Å². The Hall–Kier alpha value is -1.12. The Bertz CT molecular complexity index is 614. The highest BCUT2D eigenvalue weighted by Crippen LogP contribution is 2.38. The van der Waals surface area contributed by atoms with Gasteiger partial charge >= 0.3 is 11.9 Å². The molecule has 8 heteroatoms. The number of carbonyl (C=O) groups excluding carboxylic acids is 1. The van der Waals surface area contributed by atoms with Crippen LogP contribution < -0.4 is 5.73 Å². The SMILES string of the molecule is CC(C)(C)OC(=O)C(C(=O)O)C(C)(N)c1cc(Br)c(O)c(Br)c1. The van der Waals surface area contributed by atoms with Gasteiger partial charge in [0.25, 0.3) is 0 Å². The summed E-state index contributed by atoms with van der Waals surface area (Å²) in [5.74, 6) is -3.96. The largest absolute Gasteiger partial charge is 0.506 e. The van der Waals surface area contributed by atoms with Crippen LogP contribution in [0, 0.1) is 5.92 Å². The molecule has 0 aliphatic rings. The van der Waals surface area contributed by atoms with E-state index < -0.39 is 29.0 Å². The number of halogens is 2. The number of carboxylic acids is 1. The Balaban J connectivity index is 3.35. The standard InChI is InChI=1S/C15H19Br2NO5/c1-14(2,3)23-13(22)10(12(20)21)15(4,18)7-5-8(16)11(19)9(17)6-7/h5-6,10,19H,18H2,1-4H3,(H,20,21). The summed E-state index contributed by atoms with van der Waals surface area (Å²) in [5.41, 5.74) is 4.15. The van der Waals surface area contributed by atoms with Crippen molar-refractivity contribution in [2.75, 3.05) is 0 Å². The number of nitrogens with two attached hydrogens (primary N) is 1. The van der Waals surface area contributed by atoms with Gasteiger partial charge in [-0.1, -0.05) is 0 Å². The molecule has 0 amide bonds. The zero-order chi connectivity index (χ0) is 18.2. The Morgan fingerprint density at radius 3 is 1.96 bits per heavy atom. The second-order valence-electron chi connectivity index (χ2n) is 6.38. The molecular weight excluding hydrogens is 434 g/mol. The van der Waals surface area contributed by atoms with Gasteiger partial charge in [0.15, 0.2) is 5.92 Å². The second-order valence-corrected chi connectivity index (χ2v) is 8.08. The highest BCUT2D eigenvalue weighted by Gasteiger charge is 2.45. The number of benzene rings is 1. The molecule has 128 valence electrons. The molecule has 2 unspecified atom stereocenters. The summed E-state index contributed by atoms with van der Waals surface area (Å²) in [5, 5.41) is 19.2. The van der Waals surface area contributed by atoms with E-state index in [1.54, 1.807) is 20.8 Å². The highest BCUT2D eigenvalue weighted by molar-refractivity contribution is 9.11. The maximum Gasteiger partial charge on any atom is 0.323 e. The van der Waals surface area contributed by atoms with Gasteiger partial charge in [0.1, 0.15) is 11.4 Å². The predicted molar refractivity (Wildman–Crippen MR) is 92.0 cm³/mol. The van der Waals surface area contributed by atoms with Gasteiger partial charge in [0.05, 0.1) is 14.5 Å². The summed E-state index contributed by atoms with van der Waals surface area (Å²) in [4.78, 5) is 23.9. The minimum atomic E-state index is -1.61. The van der Waals surface area contributed by atoms with Crippen molar-refractivity contribution < 1.29 is 24.5 Å². The summed E-state index contributed by atoms with van der Waals surface area (Å²) in [6, 6.07) is 2.95. The van der Waals surface area contributed by atoms with E-state index in [0.29, 0.717) is 14.5 Å². The van der Waals surface area contributed by atoms with E-state index in [0.717, 1.165) is 0 Å². The number of rotatable bonds is 4. The van der Waals surface area contributed by atoms with Crippen LogP contribution in [0.2, 0.25) is 0 Å². The summed E-state index contributed by atoms with van der Waals surface area (Å²) in [6.45, 7) is 6.36. The Kier molecular flexibility index (Phi) is 5.88. The van der Waals surface area contributed by atoms with Crippen molar-refractivity contribution in [3.8, 4) is 5.75 Å². The summed E-state index contributed by atoms with van der Waals surface area (Å²) in [7, 11) is 0. The average molecular weight is 453 g/mol. The average Bonchev–Trinajstić information content (AvgIpc) is 2.31. The van der Waals surface area contributed by atoms with Gasteiger partial charge in [-0.3, -0.25) is 9.59 Å². The number of aliphatic carboxylic acids is 1. The van der Waals surface area contributed by atoms with Gasteiger partial charge in [-0.2, -0.15) is 0 Å². The number of phenols is 1. The number of carbonyl (C=O) groups is 2. The molecule has 0 fully saturated rings. The molecule has 1 aromatic rings. The van der Waals surface area contributed by atoms with Crippen molar-refractivity contribution in [1.29, 1.82) is 0 Å². The lowest BCUT2D eigenvalue weighted by atomic mass is 9.80. The van der Waals surface area contributed by atoms with E-state index in [4.69, 9.17) is 10.5 Å². The van der Waals surface area contributed by atoms with Gasteiger partial charge in [0.2, 0.25) is 0 Å². The lowest BCUT2D eigenvalue weighted by Crippen LogP contribution is -2.50. The predicted octanol–water partition coefficient (Wildman–Crippen LogP) is 3.13. The molecule has 0 aliphatic carbocycles. The van der Waals surface area contributed by atoms with Crippen molar-refractivity contribution in [2.45, 2.75) is 38.8 Å². The summed E-state index contributed by atoms with van der Waals surface area (Å²) < 4.78 is 5.83. The molecule has 2 atom stereocenters. The third-order valence-electron chi connectivity index (χ3n) is 3.13. The van der Waals surface area contributed by atoms with Crippen molar-refractivity contribution in [1.82, 2.24) is 0 Å². The smallest absolute Gasteiger partial charge is 0.323 e. The number of aromatic hydroxyl groups is 1. The maximum atomic E-state index is 12.3. The van der Waals surface area contributed by atoms with Gasteiger partial charge in [0, 0.05) is 0 Å². The van der Waals surface area contributed by atoms with Crippen molar-refractivity contribution >= 4 is 43.8 Å². The molecule has 0 aliphatic heterocycles. The van der Waals surface area contributed by atoms with Gasteiger partial charge in [-0.25, -0.2) is 0 Å². The molecule has 0 bridgehead atoms. The zero-order valence-corrected chi connectivity index (χ0v) is 16.4. The number of esters is 1. The van der Waals surface area contributed by atoms with E-state index in [-0.39, 0.29) is 5.75 Å². The maximum absolute atomic E-state index is 12.3. The number of hydrogen-bond donors (Lipinski definition) is 3. The monoisotopic (exact) mass is 451 g/mol. The quantitative estimate of drug-likeness (QED) is 0.478. The minimum absolute atomic E-state index is 0.0475. The van der Waals surface area contributed by atoms with E-state index in [2.05, 4.69) is 31.9 Å². The van der Waals surface area contributed by atoms with Crippen LogP contribution in [0.15, 0.2) is 21.1 Å². The van der Waals surface area contributed by atoms with Gasteiger partial charge in [-0.15, -0.1) is 0 Å². The van der Waals surface area contributed by atoms with E-state index in [1.807, 2.05) is 0 Å². The minimum Gasteiger partial charge on any atom is -0.506 e. The number of carboxylic acid groups (broad SMARTS) is 1. The van der Waals surface area contributed by atoms with Crippen LogP contribution in [-0.4, -0.2) is 27.8 Å². The normalized spacial score (nSPS) is 15.6. The topological polar surface area (TPSA) is 110 Å². The second kappa shape index (κ2) is 6.78. The number of hydrogen-bond acceptors (Lipinski definition) is 5. The van der Waals surface area contributed by atoms with Crippen LogP contribution in [0.3, 0.4) is 0 Å². The third kappa shape index (κ3) is 4.68. The van der Waals surface area contributed by atoms with Gasteiger partial charge in [-0.05, 0) is 77.3 Å². The summed E-state index contributed by atoms with van der Waals surface area (Å²) in [6.07, 6.45) is 0. The van der Waals surface area contributed by atoms with Crippen LogP contribution in [0.4, 0.5) is 0 Å². The van der Waals surface area contributed by atoms with Crippen LogP contribution >= 0.6 is 31.9 Å². The molecule has 0 saturated heterocycles. The molecule has 4 N–H and O–H groups in total. The lowest BCUT2D eigenvalue weighted by Gasteiger charge is -2.32. The lowest BCUT2D eigenvalue weighted by molar-refractivity contribution is -0.170. The Morgan fingerprint density at radius 2 is 1.61 bits per heavy atom. The van der Waals surface area contributed by atoms with E-state index in [9.17, 15) is 19.8 Å². The fourth-order valence-corrected chi connectivity index (χ4v) is 3.19. The zero-order valence-electron chi connectivity index (χ0n) is 13.2.